The van der Waals surface area contributed by atoms with E-state index in [4.69, 9.17) is 4.42 Å². The van der Waals surface area contributed by atoms with Gasteiger partial charge in [-0.2, -0.15) is 0 Å². The van der Waals surface area contributed by atoms with Crippen molar-refractivity contribution in [3.63, 3.8) is 0 Å². The van der Waals surface area contributed by atoms with Crippen molar-refractivity contribution >= 4 is 45.7 Å². The maximum absolute atomic E-state index is 12.5. The summed E-state index contributed by atoms with van der Waals surface area (Å²) in [6.45, 7) is 0. The second kappa shape index (κ2) is 6.07. The molecule has 0 aliphatic carbocycles. The molecule has 1 saturated heterocycles. The number of imide groups is 1. The van der Waals surface area contributed by atoms with Gasteiger partial charge in [-0.3, -0.25) is 19.7 Å². The van der Waals surface area contributed by atoms with Crippen LogP contribution < -0.4 is 5.32 Å². The summed E-state index contributed by atoms with van der Waals surface area (Å²) in [5.74, 6) is -0.329. The van der Waals surface area contributed by atoms with Crippen molar-refractivity contribution in [3.8, 4) is 0 Å². The zero-order valence-corrected chi connectivity index (χ0v) is 13.6. The summed E-state index contributed by atoms with van der Waals surface area (Å²) in [5.41, 5.74) is 1.89. The van der Waals surface area contributed by atoms with Crippen LogP contribution >= 0.6 is 11.8 Å². The zero-order valence-electron chi connectivity index (χ0n) is 12.8. The van der Waals surface area contributed by atoms with Crippen molar-refractivity contribution in [2.24, 2.45) is 0 Å². The van der Waals surface area contributed by atoms with Gasteiger partial charge in [-0.25, -0.2) is 0 Å². The summed E-state index contributed by atoms with van der Waals surface area (Å²) in [6.07, 6.45) is 1.63. The summed E-state index contributed by atoms with van der Waals surface area (Å²) in [6, 6.07) is 15.9. The monoisotopic (exact) mass is 349 g/mol. The minimum atomic E-state index is -0.401. The van der Waals surface area contributed by atoms with Crippen molar-refractivity contribution in [3.05, 3.63) is 76.4 Å². The Morgan fingerprint density at radius 3 is 2.56 bits per heavy atom. The molecule has 2 aromatic carbocycles. The Morgan fingerprint density at radius 2 is 1.84 bits per heavy atom. The third-order valence-corrected chi connectivity index (χ3v) is 4.55. The van der Waals surface area contributed by atoms with Crippen molar-refractivity contribution in [1.82, 2.24) is 5.32 Å². The fourth-order valence-electron chi connectivity index (χ4n) is 2.57. The number of rotatable bonds is 3. The Morgan fingerprint density at radius 1 is 1.04 bits per heavy atom. The highest BCUT2D eigenvalue weighted by Crippen LogP contribution is 2.28. The van der Waals surface area contributed by atoms with Gasteiger partial charge in [-0.15, -0.1) is 0 Å². The zero-order chi connectivity index (χ0) is 17.4. The number of amides is 2. The van der Waals surface area contributed by atoms with E-state index in [1.165, 1.54) is 0 Å². The Bertz CT molecular complexity index is 1050. The second-order valence-electron chi connectivity index (χ2n) is 5.46. The number of furan rings is 1. The molecule has 0 atom stereocenters. The molecule has 1 aromatic heterocycles. The average molecular weight is 349 g/mol. The van der Waals surface area contributed by atoms with E-state index in [1.807, 2.05) is 12.1 Å². The lowest BCUT2D eigenvalue weighted by atomic mass is 10.1. The lowest BCUT2D eigenvalue weighted by Crippen LogP contribution is -2.17. The van der Waals surface area contributed by atoms with Gasteiger partial charge in [0.05, 0.1) is 4.91 Å². The standard InChI is InChI=1S/C19H11NO4S/c21-17(12-4-2-1-3-5-12)15-10-13-8-11(6-7-14(13)24-15)9-16-18(22)20-19(23)25-16/h1-10H,(H,20,22,23). The molecule has 1 aliphatic heterocycles. The molecule has 0 unspecified atom stereocenters. The highest BCUT2D eigenvalue weighted by atomic mass is 32.2. The van der Waals surface area contributed by atoms with Gasteiger partial charge in [0.25, 0.3) is 11.1 Å². The molecule has 6 heteroatoms. The number of hydrogen-bond donors (Lipinski definition) is 1. The van der Waals surface area contributed by atoms with Gasteiger partial charge in [0.15, 0.2) is 5.76 Å². The molecule has 25 heavy (non-hydrogen) atoms. The molecule has 0 bridgehead atoms. The molecule has 3 aromatic rings. The lowest BCUT2D eigenvalue weighted by Gasteiger charge is -1.95. The highest BCUT2D eigenvalue weighted by molar-refractivity contribution is 8.18. The van der Waals surface area contributed by atoms with E-state index in [0.717, 1.165) is 22.7 Å². The van der Waals surface area contributed by atoms with Crippen LogP contribution in [-0.2, 0) is 4.79 Å². The lowest BCUT2D eigenvalue weighted by molar-refractivity contribution is -0.115. The Kier molecular flexibility index (Phi) is 3.74. The summed E-state index contributed by atoms with van der Waals surface area (Å²) in [4.78, 5) is 35.6. The third kappa shape index (κ3) is 2.99. The normalized spacial score (nSPS) is 15.8. The Balaban J connectivity index is 1.68. The SMILES string of the molecule is O=C1NC(=O)C(=Cc2ccc3oc(C(=O)c4ccccc4)cc3c2)S1. The minimum absolute atomic E-state index is 0.187. The van der Waals surface area contributed by atoms with E-state index in [-0.39, 0.29) is 16.8 Å². The Hall–Kier alpha value is -3.12. The molecule has 5 nitrogen and oxygen atoms in total. The number of ketones is 1. The number of fused-ring (bicyclic) bond motifs is 1. The molecule has 2 heterocycles. The quantitative estimate of drug-likeness (QED) is 0.571. The van der Waals surface area contributed by atoms with Crippen molar-refractivity contribution in [2.45, 2.75) is 0 Å². The smallest absolute Gasteiger partial charge is 0.290 e. The second-order valence-corrected chi connectivity index (χ2v) is 6.47. The van der Waals surface area contributed by atoms with E-state index in [9.17, 15) is 14.4 Å². The first kappa shape index (κ1) is 15.4. The van der Waals surface area contributed by atoms with Crippen LogP contribution in [0.2, 0.25) is 0 Å². The van der Waals surface area contributed by atoms with Crippen LogP contribution in [0.5, 0.6) is 0 Å². The van der Waals surface area contributed by atoms with Crippen molar-refractivity contribution in [1.29, 1.82) is 0 Å². The molecule has 4 rings (SSSR count). The molecule has 0 saturated carbocycles. The van der Waals surface area contributed by atoms with Crippen molar-refractivity contribution in [2.75, 3.05) is 0 Å². The highest BCUT2D eigenvalue weighted by Gasteiger charge is 2.25. The Labute approximate surface area is 146 Å². The first-order valence-corrected chi connectivity index (χ1v) is 8.30. The van der Waals surface area contributed by atoms with Crippen LogP contribution in [0.25, 0.3) is 17.0 Å². The van der Waals surface area contributed by atoms with Gasteiger partial charge in [-0.05, 0) is 41.6 Å². The van der Waals surface area contributed by atoms with E-state index in [0.29, 0.717) is 16.1 Å². The van der Waals surface area contributed by atoms with Crippen molar-refractivity contribution < 1.29 is 18.8 Å². The predicted molar refractivity (Wildman–Crippen MR) is 95.2 cm³/mol. The molecular weight excluding hydrogens is 338 g/mol. The molecule has 2 amide bonds. The molecule has 1 fully saturated rings. The molecular formula is C19H11NO4S. The van der Waals surface area contributed by atoms with Crippen LogP contribution in [-0.4, -0.2) is 16.9 Å². The maximum Gasteiger partial charge on any atom is 0.290 e. The largest absolute Gasteiger partial charge is 0.453 e. The topological polar surface area (TPSA) is 76.4 Å². The van der Waals surface area contributed by atoms with Gasteiger partial charge < -0.3 is 4.42 Å². The third-order valence-electron chi connectivity index (χ3n) is 3.74. The number of hydrogen-bond acceptors (Lipinski definition) is 5. The maximum atomic E-state index is 12.5. The van der Waals surface area contributed by atoms with Gasteiger partial charge in [-0.1, -0.05) is 36.4 Å². The summed E-state index contributed by atoms with van der Waals surface area (Å²) >= 11 is 0.865. The predicted octanol–water partition coefficient (Wildman–Crippen LogP) is 3.99. The van der Waals surface area contributed by atoms with Gasteiger partial charge in [0.1, 0.15) is 5.58 Å². The van der Waals surface area contributed by atoms with Crippen LogP contribution in [0.1, 0.15) is 21.7 Å². The molecule has 1 aliphatic rings. The number of benzene rings is 2. The van der Waals surface area contributed by atoms with Crippen LogP contribution in [0, 0.1) is 0 Å². The fraction of sp³-hybridized carbons (Fsp3) is 0. The number of nitrogens with one attached hydrogen (secondary N) is 1. The van der Waals surface area contributed by atoms with Crippen LogP contribution in [0.15, 0.2) is 63.9 Å². The average Bonchev–Trinajstić information content (AvgIpc) is 3.17. The molecule has 1 N–H and O–H groups in total. The molecule has 0 radical (unpaired) electrons. The number of carbonyl (C=O) groups is 3. The van der Waals surface area contributed by atoms with E-state index >= 15 is 0 Å². The van der Waals surface area contributed by atoms with E-state index in [2.05, 4.69) is 5.32 Å². The van der Waals surface area contributed by atoms with E-state index < -0.39 is 5.91 Å². The first-order valence-electron chi connectivity index (χ1n) is 7.48. The molecule has 122 valence electrons. The number of thioether (sulfide) groups is 1. The summed E-state index contributed by atoms with van der Waals surface area (Å²) < 4.78 is 5.64. The summed E-state index contributed by atoms with van der Waals surface area (Å²) in [5, 5.41) is 2.59. The van der Waals surface area contributed by atoms with Gasteiger partial charge >= 0.3 is 0 Å². The van der Waals surface area contributed by atoms with Gasteiger partial charge in [0.2, 0.25) is 5.78 Å². The minimum Gasteiger partial charge on any atom is -0.453 e. The first-order chi connectivity index (χ1) is 12.1. The van der Waals surface area contributed by atoms with Gasteiger partial charge in [0, 0.05) is 10.9 Å². The molecule has 0 spiro atoms. The summed E-state index contributed by atoms with van der Waals surface area (Å²) in [7, 11) is 0. The fourth-order valence-corrected chi connectivity index (χ4v) is 3.25. The van der Waals surface area contributed by atoms with Crippen LogP contribution in [0.3, 0.4) is 0 Å². The van der Waals surface area contributed by atoms with Crippen LogP contribution in [0.4, 0.5) is 4.79 Å². The number of carbonyl (C=O) groups excluding carboxylic acids is 3. The van der Waals surface area contributed by atoms with E-state index in [1.54, 1.807) is 48.5 Å².